The molecule has 4 fully saturated rings. The minimum absolute atomic E-state index is 0.382. The van der Waals surface area contributed by atoms with Crippen LogP contribution in [-0.2, 0) is 5.41 Å². The quantitative estimate of drug-likeness (QED) is 0.128. The van der Waals surface area contributed by atoms with E-state index >= 15 is 0 Å². The number of fused-ring (bicyclic) bond motifs is 2. The van der Waals surface area contributed by atoms with Crippen LogP contribution in [0, 0.1) is 24.7 Å². The molecule has 4 aliphatic rings. The molecule has 13 rings (SSSR count). The van der Waals surface area contributed by atoms with Crippen molar-refractivity contribution in [3.05, 3.63) is 163 Å². The molecular weight excluding hydrogens is 651 g/mol. The Bertz CT molecular complexity index is 2770. The van der Waals surface area contributed by atoms with Crippen LogP contribution in [0.1, 0.15) is 49.7 Å². The number of aryl methyl sites for hydroxylation is 1. The van der Waals surface area contributed by atoms with Gasteiger partial charge in [0.1, 0.15) is 0 Å². The molecule has 54 heavy (non-hydrogen) atoms. The summed E-state index contributed by atoms with van der Waals surface area (Å²) in [5.74, 6) is 2.82. The fourth-order valence-electron chi connectivity index (χ4n) is 12.3. The van der Waals surface area contributed by atoms with Gasteiger partial charge in [-0.25, -0.2) is 0 Å². The Kier molecular flexibility index (Phi) is 6.51. The predicted molar refractivity (Wildman–Crippen MR) is 230 cm³/mol. The van der Waals surface area contributed by atoms with E-state index in [9.17, 15) is 0 Å². The summed E-state index contributed by atoms with van der Waals surface area (Å²) in [7, 11) is 0. The van der Waals surface area contributed by atoms with E-state index in [2.05, 4.69) is 163 Å². The Morgan fingerprint density at radius 1 is 0.463 bits per heavy atom. The maximum atomic E-state index is 2.62. The molecule has 0 aromatic heterocycles. The van der Waals surface area contributed by atoms with Crippen LogP contribution in [0.25, 0.3) is 65.0 Å². The van der Waals surface area contributed by atoms with Gasteiger partial charge >= 0.3 is 0 Å². The molecule has 0 heterocycles. The van der Waals surface area contributed by atoms with Crippen molar-refractivity contribution in [2.24, 2.45) is 17.8 Å². The van der Waals surface area contributed by atoms with Crippen LogP contribution in [0.5, 0.6) is 0 Å². The van der Waals surface area contributed by atoms with Crippen LogP contribution in [0.3, 0.4) is 0 Å². The second-order valence-corrected chi connectivity index (χ2v) is 17.2. The maximum Gasteiger partial charge on any atom is 0.0618 e. The third-order valence-corrected chi connectivity index (χ3v) is 14.0. The van der Waals surface area contributed by atoms with Gasteiger partial charge in [0.15, 0.2) is 0 Å². The summed E-state index contributed by atoms with van der Waals surface area (Å²) < 4.78 is 0. The second-order valence-electron chi connectivity index (χ2n) is 17.2. The summed E-state index contributed by atoms with van der Waals surface area (Å²) in [6, 6.07) is 57.4. The SMILES string of the molecule is Cc1cc(-c2c3ccccc3c(N(c3ccccc3)c3ccccc3)c3ccccc23)c2ccc3cc(C45CC6CC(CC(C6)C4)C5)cc4ccc1c2c43. The average molecular weight is 694 g/mol. The van der Waals surface area contributed by atoms with Gasteiger partial charge < -0.3 is 4.90 Å². The highest BCUT2D eigenvalue weighted by molar-refractivity contribution is 6.30. The summed E-state index contributed by atoms with van der Waals surface area (Å²) in [5, 5.41) is 13.5. The van der Waals surface area contributed by atoms with E-state index in [1.165, 1.54) is 115 Å². The first kappa shape index (κ1) is 30.8. The summed E-state index contributed by atoms with van der Waals surface area (Å²) >= 11 is 0. The zero-order chi connectivity index (χ0) is 35.5. The maximum absolute atomic E-state index is 2.62. The van der Waals surface area contributed by atoms with E-state index in [1.54, 1.807) is 5.56 Å². The van der Waals surface area contributed by atoms with Gasteiger partial charge in [-0.2, -0.15) is 0 Å². The monoisotopic (exact) mass is 693 g/mol. The molecule has 0 N–H and O–H groups in total. The van der Waals surface area contributed by atoms with Gasteiger partial charge in [0.05, 0.1) is 5.69 Å². The van der Waals surface area contributed by atoms with E-state index in [1.807, 2.05) is 0 Å². The van der Waals surface area contributed by atoms with Crippen LogP contribution in [0.15, 0.2) is 152 Å². The van der Waals surface area contributed by atoms with Gasteiger partial charge in [0, 0.05) is 22.1 Å². The van der Waals surface area contributed by atoms with Crippen molar-refractivity contribution in [1.29, 1.82) is 0 Å². The first-order chi connectivity index (χ1) is 26.6. The number of hydrogen-bond donors (Lipinski definition) is 0. The Hall–Kier alpha value is -5.66. The van der Waals surface area contributed by atoms with Gasteiger partial charge in [0.25, 0.3) is 0 Å². The summed E-state index contributed by atoms with van der Waals surface area (Å²) in [6.07, 6.45) is 8.65. The molecule has 4 bridgehead atoms. The lowest BCUT2D eigenvalue weighted by Gasteiger charge is -2.57. The number of anilines is 3. The molecule has 0 saturated heterocycles. The molecule has 0 unspecified atom stereocenters. The van der Waals surface area contributed by atoms with Crippen molar-refractivity contribution >= 4 is 70.9 Å². The summed E-state index contributed by atoms with van der Waals surface area (Å²) in [6.45, 7) is 2.32. The fourth-order valence-corrected chi connectivity index (χ4v) is 12.3. The van der Waals surface area contributed by atoms with Crippen molar-refractivity contribution in [1.82, 2.24) is 0 Å². The van der Waals surface area contributed by atoms with Crippen molar-refractivity contribution in [2.45, 2.75) is 50.9 Å². The van der Waals surface area contributed by atoms with Crippen molar-refractivity contribution in [2.75, 3.05) is 4.90 Å². The molecular formula is C53H43N. The van der Waals surface area contributed by atoms with Gasteiger partial charge in [-0.05, 0) is 158 Å². The molecule has 0 aliphatic heterocycles. The Balaban J connectivity index is 1.13. The van der Waals surface area contributed by atoms with E-state index in [0.29, 0.717) is 5.41 Å². The van der Waals surface area contributed by atoms with Crippen LogP contribution in [-0.4, -0.2) is 0 Å². The van der Waals surface area contributed by atoms with Crippen LogP contribution >= 0.6 is 0 Å². The molecule has 1 heteroatoms. The minimum Gasteiger partial charge on any atom is -0.309 e. The highest BCUT2D eigenvalue weighted by Crippen LogP contribution is 2.61. The van der Waals surface area contributed by atoms with Gasteiger partial charge in [0.2, 0.25) is 0 Å². The highest BCUT2D eigenvalue weighted by Gasteiger charge is 2.51. The highest BCUT2D eigenvalue weighted by atomic mass is 15.1. The van der Waals surface area contributed by atoms with E-state index in [4.69, 9.17) is 0 Å². The van der Waals surface area contributed by atoms with Crippen LogP contribution in [0.4, 0.5) is 17.1 Å². The lowest BCUT2D eigenvalue weighted by atomic mass is 9.48. The van der Waals surface area contributed by atoms with Gasteiger partial charge in [-0.3, -0.25) is 0 Å². The molecule has 0 atom stereocenters. The number of benzene rings is 9. The molecule has 0 spiro atoms. The predicted octanol–water partition coefficient (Wildman–Crippen LogP) is 14.8. The second kappa shape index (κ2) is 11.4. The van der Waals surface area contributed by atoms with Crippen molar-refractivity contribution in [3.63, 3.8) is 0 Å². The Morgan fingerprint density at radius 2 is 0.944 bits per heavy atom. The first-order valence-corrected chi connectivity index (χ1v) is 20.2. The smallest absolute Gasteiger partial charge is 0.0618 e. The van der Waals surface area contributed by atoms with Gasteiger partial charge in [-0.15, -0.1) is 0 Å². The number of rotatable bonds is 5. The molecule has 9 aromatic rings. The topological polar surface area (TPSA) is 3.24 Å². The average Bonchev–Trinajstić information content (AvgIpc) is 3.20. The lowest BCUT2D eigenvalue weighted by Crippen LogP contribution is -2.48. The third-order valence-electron chi connectivity index (χ3n) is 14.0. The standard InChI is InChI=1S/C53H43N/c1-33-24-48(45-23-21-38-29-39(28-37-20-22-42(33)51(45)49(37)38)53-30-34-25-35(31-53)27-36(26-34)32-53)50-43-16-8-10-18-46(43)52(47-19-11-9-17-44(47)50)54(40-12-4-2-5-13-40)41-14-6-3-7-15-41/h2-24,28-29,34-36H,25-27,30-32H2,1H3. The molecule has 4 aliphatic carbocycles. The largest absolute Gasteiger partial charge is 0.309 e. The third kappa shape index (κ3) is 4.39. The van der Waals surface area contributed by atoms with Crippen molar-refractivity contribution in [3.8, 4) is 11.1 Å². The number of para-hydroxylation sites is 2. The molecule has 260 valence electrons. The lowest BCUT2D eigenvalue weighted by molar-refractivity contribution is -0.00508. The van der Waals surface area contributed by atoms with Crippen LogP contribution in [0.2, 0.25) is 0 Å². The molecule has 0 amide bonds. The first-order valence-electron chi connectivity index (χ1n) is 20.2. The van der Waals surface area contributed by atoms with Crippen molar-refractivity contribution < 1.29 is 0 Å². The fraction of sp³-hybridized carbons (Fsp3) is 0.208. The molecule has 4 saturated carbocycles. The normalized spacial score (nSPS) is 22.0. The summed E-state index contributed by atoms with van der Waals surface area (Å²) in [4.78, 5) is 2.45. The zero-order valence-electron chi connectivity index (χ0n) is 30.9. The molecule has 0 radical (unpaired) electrons. The molecule has 9 aromatic carbocycles. The number of hydrogen-bond acceptors (Lipinski definition) is 1. The number of nitrogens with zero attached hydrogens (tertiary/aromatic N) is 1. The van der Waals surface area contributed by atoms with Crippen LogP contribution < -0.4 is 4.90 Å². The molecule has 1 nitrogen and oxygen atoms in total. The minimum atomic E-state index is 0.382. The Morgan fingerprint density at radius 3 is 1.48 bits per heavy atom. The van der Waals surface area contributed by atoms with E-state index in [0.717, 1.165) is 29.1 Å². The zero-order valence-corrected chi connectivity index (χ0v) is 30.9. The van der Waals surface area contributed by atoms with E-state index < -0.39 is 0 Å². The summed E-state index contributed by atoms with van der Waals surface area (Å²) in [5.41, 5.74) is 9.51. The Labute approximate surface area is 317 Å². The van der Waals surface area contributed by atoms with E-state index in [-0.39, 0.29) is 0 Å². The van der Waals surface area contributed by atoms with Gasteiger partial charge in [-0.1, -0.05) is 127 Å².